The molecule has 0 aromatic carbocycles. The van der Waals surface area contributed by atoms with Gasteiger partial charge in [-0.05, 0) is 19.4 Å². The van der Waals surface area contributed by atoms with E-state index in [2.05, 4.69) is 5.32 Å². The lowest BCUT2D eigenvalue weighted by Gasteiger charge is -2.14. The first-order chi connectivity index (χ1) is 5.56. The van der Waals surface area contributed by atoms with Gasteiger partial charge in [-0.3, -0.25) is 4.79 Å². The van der Waals surface area contributed by atoms with E-state index in [9.17, 15) is 4.79 Å². The summed E-state index contributed by atoms with van der Waals surface area (Å²) in [5, 5.41) is 11.4. The van der Waals surface area contributed by atoms with E-state index in [0.717, 1.165) is 13.0 Å². The molecule has 4 N–H and O–H groups in total. The van der Waals surface area contributed by atoms with Crippen LogP contribution >= 0.6 is 0 Å². The van der Waals surface area contributed by atoms with Gasteiger partial charge in [-0.25, -0.2) is 0 Å². The minimum Gasteiger partial charge on any atom is -0.481 e. The molecule has 0 saturated heterocycles. The van der Waals surface area contributed by atoms with Crippen molar-refractivity contribution < 1.29 is 9.90 Å². The van der Waals surface area contributed by atoms with Crippen LogP contribution in [0.25, 0.3) is 0 Å². The molecule has 0 fully saturated rings. The second kappa shape index (κ2) is 5.97. The van der Waals surface area contributed by atoms with E-state index < -0.39 is 5.97 Å². The summed E-state index contributed by atoms with van der Waals surface area (Å²) in [5.74, 6) is -0.593. The highest BCUT2D eigenvalue weighted by Crippen LogP contribution is 2.08. The lowest BCUT2D eigenvalue weighted by molar-refractivity contribution is -0.138. The van der Waals surface area contributed by atoms with Crippen molar-refractivity contribution >= 4 is 5.97 Å². The monoisotopic (exact) mass is 174 g/mol. The SMILES string of the molecule is CNCC(N)CC(C)CC(=O)O. The zero-order valence-electron chi connectivity index (χ0n) is 7.71. The Bertz CT molecular complexity index is 139. The van der Waals surface area contributed by atoms with Gasteiger partial charge in [0.1, 0.15) is 0 Å². The Hall–Kier alpha value is -0.610. The van der Waals surface area contributed by atoms with Gasteiger partial charge < -0.3 is 16.2 Å². The second-order valence-corrected chi connectivity index (χ2v) is 3.26. The fraction of sp³-hybridized carbons (Fsp3) is 0.875. The molecule has 4 nitrogen and oxygen atoms in total. The van der Waals surface area contributed by atoms with Crippen molar-refractivity contribution in [3.8, 4) is 0 Å². The minimum absolute atomic E-state index is 0.0596. The maximum Gasteiger partial charge on any atom is 0.303 e. The Kier molecular flexibility index (Phi) is 5.66. The molecule has 2 atom stereocenters. The Morgan fingerprint density at radius 3 is 2.67 bits per heavy atom. The molecule has 0 rings (SSSR count). The first-order valence-corrected chi connectivity index (χ1v) is 4.18. The Balaban J connectivity index is 3.53. The van der Waals surface area contributed by atoms with E-state index >= 15 is 0 Å². The third-order valence-corrected chi connectivity index (χ3v) is 1.69. The summed E-state index contributed by atoms with van der Waals surface area (Å²) in [6.07, 6.45) is 0.963. The number of carboxylic acid groups (broad SMARTS) is 1. The van der Waals surface area contributed by atoms with E-state index in [1.165, 1.54) is 0 Å². The van der Waals surface area contributed by atoms with Crippen molar-refractivity contribution in [2.45, 2.75) is 25.8 Å². The highest BCUT2D eigenvalue weighted by atomic mass is 16.4. The van der Waals surface area contributed by atoms with Crippen LogP contribution < -0.4 is 11.1 Å². The number of hydrogen-bond acceptors (Lipinski definition) is 3. The maximum absolute atomic E-state index is 10.3. The molecule has 0 heterocycles. The summed E-state index contributed by atoms with van der Waals surface area (Å²) in [7, 11) is 1.84. The van der Waals surface area contributed by atoms with Crippen LogP contribution in [0, 0.1) is 5.92 Å². The summed E-state index contributed by atoms with van der Waals surface area (Å²) in [5.41, 5.74) is 5.71. The number of carboxylic acids is 1. The third kappa shape index (κ3) is 6.12. The summed E-state index contributed by atoms with van der Waals surface area (Å²) >= 11 is 0. The van der Waals surface area contributed by atoms with Crippen molar-refractivity contribution in [1.82, 2.24) is 5.32 Å². The highest BCUT2D eigenvalue weighted by Gasteiger charge is 2.11. The quantitative estimate of drug-likeness (QED) is 0.531. The first kappa shape index (κ1) is 11.4. The molecule has 0 aromatic heterocycles. The zero-order valence-corrected chi connectivity index (χ0v) is 7.71. The zero-order chi connectivity index (χ0) is 9.56. The molecule has 4 heteroatoms. The molecule has 0 aliphatic rings. The average Bonchev–Trinajstić information content (AvgIpc) is 1.84. The lowest BCUT2D eigenvalue weighted by Crippen LogP contribution is -2.33. The molecule has 0 aliphatic heterocycles. The predicted octanol–water partition coefficient (Wildman–Crippen LogP) is 0.0340. The summed E-state index contributed by atoms with van der Waals surface area (Å²) < 4.78 is 0. The molecule has 0 bridgehead atoms. The predicted molar refractivity (Wildman–Crippen MR) is 47.9 cm³/mol. The molecule has 2 unspecified atom stereocenters. The summed E-state index contributed by atoms with van der Waals surface area (Å²) in [6.45, 7) is 2.65. The van der Waals surface area contributed by atoms with Crippen LogP contribution in [0.5, 0.6) is 0 Å². The van der Waals surface area contributed by atoms with Crippen LogP contribution in [0.2, 0.25) is 0 Å². The van der Waals surface area contributed by atoms with Gasteiger partial charge in [-0.2, -0.15) is 0 Å². The lowest BCUT2D eigenvalue weighted by atomic mass is 9.99. The van der Waals surface area contributed by atoms with Gasteiger partial charge in [0.2, 0.25) is 0 Å². The van der Waals surface area contributed by atoms with Crippen molar-refractivity contribution in [2.75, 3.05) is 13.6 Å². The number of nitrogens with one attached hydrogen (secondary N) is 1. The molecule has 12 heavy (non-hydrogen) atoms. The van der Waals surface area contributed by atoms with Gasteiger partial charge in [0.05, 0.1) is 0 Å². The number of nitrogens with two attached hydrogens (primary N) is 1. The van der Waals surface area contributed by atoms with Gasteiger partial charge in [0.25, 0.3) is 0 Å². The highest BCUT2D eigenvalue weighted by molar-refractivity contribution is 5.66. The fourth-order valence-corrected chi connectivity index (χ4v) is 1.24. The van der Waals surface area contributed by atoms with Crippen LogP contribution in [0.15, 0.2) is 0 Å². The second-order valence-electron chi connectivity index (χ2n) is 3.26. The molecule has 0 aliphatic carbocycles. The number of carbonyl (C=O) groups is 1. The third-order valence-electron chi connectivity index (χ3n) is 1.69. The molecule has 0 amide bonds. The van der Waals surface area contributed by atoms with E-state index in [0.29, 0.717) is 0 Å². The number of hydrogen-bond donors (Lipinski definition) is 3. The standard InChI is InChI=1S/C8H18N2O2/c1-6(4-8(11)12)3-7(9)5-10-2/h6-7,10H,3-5,9H2,1-2H3,(H,11,12). The molecule has 0 aromatic rings. The van der Waals surface area contributed by atoms with Gasteiger partial charge in [0, 0.05) is 19.0 Å². The number of aliphatic carboxylic acids is 1. The number of likely N-dealkylation sites (N-methyl/N-ethyl adjacent to an activating group) is 1. The van der Waals surface area contributed by atoms with E-state index in [1.54, 1.807) is 0 Å². The normalized spacial score (nSPS) is 15.6. The van der Waals surface area contributed by atoms with Gasteiger partial charge in [0.15, 0.2) is 0 Å². The van der Waals surface area contributed by atoms with E-state index in [1.807, 2.05) is 14.0 Å². The maximum atomic E-state index is 10.3. The summed E-state index contributed by atoms with van der Waals surface area (Å²) in [6, 6.07) is 0.0596. The average molecular weight is 174 g/mol. The first-order valence-electron chi connectivity index (χ1n) is 4.18. The van der Waals surface area contributed by atoms with Crippen LogP contribution in [-0.4, -0.2) is 30.7 Å². The van der Waals surface area contributed by atoms with Crippen molar-refractivity contribution in [2.24, 2.45) is 11.7 Å². The van der Waals surface area contributed by atoms with Crippen LogP contribution in [0.3, 0.4) is 0 Å². The van der Waals surface area contributed by atoms with Crippen LogP contribution in [-0.2, 0) is 4.79 Å². The molecular formula is C8H18N2O2. The molecular weight excluding hydrogens is 156 g/mol. The Labute approximate surface area is 73.1 Å². The largest absolute Gasteiger partial charge is 0.481 e. The van der Waals surface area contributed by atoms with Crippen molar-refractivity contribution in [3.05, 3.63) is 0 Å². The Morgan fingerprint density at radius 2 is 2.25 bits per heavy atom. The van der Waals surface area contributed by atoms with Crippen LogP contribution in [0.4, 0.5) is 0 Å². The Morgan fingerprint density at radius 1 is 1.67 bits per heavy atom. The molecule has 0 radical (unpaired) electrons. The smallest absolute Gasteiger partial charge is 0.303 e. The van der Waals surface area contributed by atoms with Gasteiger partial charge in [-0.1, -0.05) is 6.92 Å². The summed E-state index contributed by atoms with van der Waals surface area (Å²) in [4.78, 5) is 10.3. The van der Waals surface area contributed by atoms with E-state index in [-0.39, 0.29) is 18.4 Å². The van der Waals surface area contributed by atoms with E-state index in [4.69, 9.17) is 10.8 Å². The van der Waals surface area contributed by atoms with Gasteiger partial charge >= 0.3 is 5.97 Å². The fourth-order valence-electron chi connectivity index (χ4n) is 1.24. The molecule has 0 spiro atoms. The minimum atomic E-state index is -0.751. The number of rotatable bonds is 6. The van der Waals surface area contributed by atoms with Crippen LogP contribution in [0.1, 0.15) is 19.8 Å². The van der Waals surface area contributed by atoms with Gasteiger partial charge in [-0.15, -0.1) is 0 Å². The van der Waals surface area contributed by atoms with Crippen molar-refractivity contribution in [3.63, 3.8) is 0 Å². The molecule has 0 saturated carbocycles. The molecule has 72 valence electrons. The topological polar surface area (TPSA) is 75.3 Å². The van der Waals surface area contributed by atoms with Crippen molar-refractivity contribution in [1.29, 1.82) is 0 Å².